The SMILES string of the molecule is C[C@H]1CC(=O)N(CCNC(=O)CSCC(=O)NC2CCCC2)C1. The zero-order valence-corrected chi connectivity index (χ0v) is 14.6. The lowest BCUT2D eigenvalue weighted by molar-refractivity contribution is -0.128. The molecule has 0 aromatic rings. The van der Waals surface area contributed by atoms with Gasteiger partial charge in [0, 0.05) is 32.1 Å². The summed E-state index contributed by atoms with van der Waals surface area (Å²) in [5, 5.41) is 5.81. The Morgan fingerprint density at radius 3 is 2.57 bits per heavy atom. The topological polar surface area (TPSA) is 78.5 Å². The van der Waals surface area contributed by atoms with Gasteiger partial charge in [0.05, 0.1) is 11.5 Å². The Morgan fingerprint density at radius 1 is 1.22 bits per heavy atom. The molecule has 0 unspecified atom stereocenters. The Labute approximate surface area is 142 Å². The maximum atomic E-state index is 11.7. The highest BCUT2D eigenvalue weighted by atomic mass is 32.2. The minimum Gasteiger partial charge on any atom is -0.354 e. The average Bonchev–Trinajstić information content (AvgIpc) is 3.09. The van der Waals surface area contributed by atoms with Crippen LogP contribution in [-0.2, 0) is 14.4 Å². The summed E-state index contributed by atoms with van der Waals surface area (Å²) >= 11 is 1.33. The number of amides is 3. The first-order valence-electron chi connectivity index (χ1n) is 8.46. The number of hydrogen-bond acceptors (Lipinski definition) is 4. The van der Waals surface area contributed by atoms with Crippen LogP contribution in [0, 0.1) is 5.92 Å². The van der Waals surface area contributed by atoms with E-state index in [0.29, 0.717) is 37.2 Å². The molecule has 2 rings (SSSR count). The first-order valence-corrected chi connectivity index (χ1v) is 9.61. The Kier molecular flexibility index (Phi) is 7.20. The molecule has 2 N–H and O–H groups in total. The molecule has 1 heterocycles. The highest BCUT2D eigenvalue weighted by Crippen LogP contribution is 2.17. The fourth-order valence-electron chi connectivity index (χ4n) is 3.14. The summed E-state index contributed by atoms with van der Waals surface area (Å²) in [7, 11) is 0. The van der Waals surface area contributed by atoms with E-state index in [0.717, 1.165) is 19.4 Å². The van der Waals surface area contributed by atoms with Gasteiger partial charge in [0.1, 0.15) is 0 Å². The Hall–Kier alpha value is -1.24. The summed E-state index contributed by atoms with van der Waals surface area (Å²) in [5.74, 6) is 1.13. The molecule has 2 fully saturated rings. The lowest BCUT2D eigenvalue weighted by Gasteiger charge is -2.16. The van der Waals surface area contributed by atoms with Crippen LogP contribution < -0.4 is 10.6 Å². The van der Waals surface area contributed by atoms with Crippen molar-refractivity contribution >= 4 is 29.5 Å². The van der Waals surface area contributed by atoms with Crippen molar-refractivity contribution in [1.29, 1.82) is 0 Å². The van der Waals surface area contributed by atoms with Crippen LogP contribution in [0.1, 0.15) is 39.0 Å². The summed E-state index contributed by atoms with van der Waals surface area (Å²) in [6, 6.07) is 0.331. The van der Waals surface area contributed by atoms with Gasteiger partial charge >= 0.3 is 0 Å². The largest absolute Gasteiger partial charge is 0.354 e. The Balaban J connectivity index is 1.49. The van der Waals surface area contributed by atoms with Crippen molar-refractivity contribution in [3.63, 3.8) is 0 Å². The van der Waals surface area contributed by atoms with Gasteiger partial charge in [-0.3, -0.25) is 14.4 Å². The lowest BCUT2D eigenvalue weighted by Crippen LogP contribution is -2.37. The number of nitrogens with zero attached hydrogens (tertiary/aromatic N) is 1. The first kappa shape index (κ1) is 18.1. The van der Waals surface area contributed by atoms with Crippen LogP contribution in [0.2, 0.25) is 0 Å². The van der Waals surface area contributed by atoms with Crippen molar-refractivity contribution in [3.8, 4) is 0 Å². The van der Waals surface area contributed by atoms with E-state index < -0.39 is 0 Å². The number of likely N-dealkylation sites (tertiary alicyclic amines) is 1. The van der Waals surface area contributed by atoms with Gasteiger partial charge in [0.25, 0.3) is 0 Å². The third kappa shape index (κ3) is 6.41. The second kappa shape index (κ2) is 9.15. The van der Waals surface area contributed by atoms with E-state index in [9.17, 15) is 14.4 Å². The third-order valence-electron chi connectivity index (χ3n) is 4.30. The maximum Gasteiger partial charge on any atom is 0.230 e. The molecule has 0 radical (unpaired) electrons. The molecule has 2 aliphatic rings. The number of rotatable bonds is 8. The van der Waals surface area contributed by atoms with Crippen molar-refractivity contribution in [3.05, 3.63) is 0 Å². The molecule has 1 aliphatic heterocycles. The summed E-state index contributed by atoms with van der Waals surface area (Å²) in [5.41, 5.74) is 0. The van der Waals surface area contributed by atoms with Gasteiger partial charge in [-0.15, -0.1) is 11.8 Å². The van der Waals surface area contributed by atoms with Gasteiger partial charge in [0.2, 0.25) is 17.7 Å². The van der Waals surface area contributed by atoms with E-state index >= 15 is 0 Å². The third-order valence-corrected chi connectivity index (χ3v) is 5.23. The molecule has 1 saturated carbocycles. The zero-order chi connectivity index (χ0) is 16.7. The highest BCUT2D eigenvalue weighted by Gasteiger charge is 2.25. The van der Waals surface area contributed by atoms with E-state index in [1.807, 2.05) is 0 Å². The first-order chi connectivity index (χ1) is 11.0. The van der Waals surface area contributed by atoms with E-state index in [4.69, 9.17) is 0 Å². The van der Waals surface area contributed by atoms with E-state index in [1.54, 1.807) is 4.90 Å². The van der Waals surface area contributed by atoms with Gasteiger partial charge in [-0.25, -0.2) is 0 Å². The van der Waals surface area contributed by atoms with Crippen molar-refractivity contribution in [2.24, 2.45) is 5.92 Å². The van der Waals surface area contributed by atoms with Crippen molar-refractivity contribution in [2.45, 2.75) is 45.1 Å². The standard InChI is InChI=1S/C16H27N3O3S/c1-12-8-16(22)19(9-12)7-6-17-14(20)10-23-11-15(21)18-13-4-2-3-5-13/h12-13H,2-11H2,1H3,(H,17,20)(H,18,21)/t12-/m0/s1. The molecule has 7 heteroatoms. The van der Waals surface area contributed by atoms with Gasteiger partial charge < -0.3 is 15.5 Å². The Morgan fingerprint density at radius 2 is 1.91 bits per heavy atom. The van der Waals surface area contributed by atoms with Crippen LogP contribution in [-0.4, -0.2) is 59.8 Å². The number of hydrogen-bond donors (Lipinski definition) is 2. The fourth-order valence-corrected chi connectivity index (χ4v) is 3.80. The molecule has 130 valence electrons. The molecule has 3 amide bonds. The minimum absolute atomic E-state index is 0.0198. The average molecular weight is 341 g/mol. The summed E-state index contributed by atoms with van der Waals surface area (Å²) < 4.78 is 0. The molecule has 0 aromatic carbocycles. The molecule has 1 atom stereocenters. The quantitative estimate of drug-likeness (QED) is 0.683. The normalized spacial score (nSPS) is 21.7. The summed E-state index contributed by atoms with van der Waals surface area (Å²) in [6.45, 7) is 3.89. The van der Waals surface area contributed by atoms with Gasteiger partial charge in [-0.1, -0.05) is 19.8 Å². The van der Waals surface area contributed by atoms with Crippen LogP contribution in [0.4, 0.5) is 0 Å². The van der Waals surface area contributed by atoms with Gasteiger partial charge in [-0.2, -0.15) is 0 Å². The molecular weight excluding hydrogens is 314 g/mol. The molecule has 1 aliphatic carbocycles. The van der Waals surface area contributed by atoms with Crippen LogP contribution in [0.5, 0.6) is 0 Å². The molecular formula is C16H27N3O3S. The second-order valence-electron chi connectivity index (χ2n) is 6.54. The number of carbonyl (C=O) groups excluding carboxylic acids is 3. The molecule has 6 nitrogen and oxygen atoms in total. The predicted octanol–water partition coefficient (Wildman–Crippen LogP) is 0.763. The smallest absolute Gasteiger partial charge is 0.230 e. The lowest BCUT2D eigenvalue weighted by atomic mass is 10.2. The van der Waals surface area contributed by atoms with Crippen LogP contribution in [0.15, 0.2) is 0 Å². The maximum absolute atomic E-state index is 11.7. The van der Waals surface area contributed by atoms with Crippen LogP contribution in [0.3, 0.4) is 0 Å². The summed E-state index contributed by atoms with van der Waals surface area (Å²) in [6.07, 6.45) is 5.15. The van der Waals surface area contributed by atoms with E-state index in [2.05, 4.69) is 17.6 Å². The van der Waals surface area contributed by atoms with Crippen molar-refractivity contribution in [2.75, 3.05) is 31.1 Å². The molecule has 0 bridgehead atoms. The van der Waals surface area contributed by atoms with Crippen molar-refractivity contribution < 1.29 is 14.4 Å². The summed E-state index contributed by atoms with van der Waals surface area (Å²) in [4.78, 5) is 36.9. The Bertz CT molecular complexity index is 438. The molecule has 23 heavy (non-hydrogen) atoms. The second-order valence-corrected chi connectivity index (χ2v) is 7.53. The van der Waals surface area contributed by atoms with Crippen LogP contribution >= 0.6 is 11.8 Å². The molecule has 0 aromatic heterocycles. The molecule has 1 saturated heterocycles. The fraction of sp³-hybridized carbons (Fsp3) is 0.812. The number of carbonyl (C=O) groups is 3. The predicted molar refractivity (Wildman–Crippen MR) is 91.1 cm³/mol. The number of thioether (sulfide) groups is 1. The zero-order valence-electron chi connectivity index (χ0n) is 13.8. The van der Waals surface area contributed by atoms with E-state index in [-0.39, 0.29) is 23.5 Å². The monoisotopic (exact) mass is 341 g/mol. The highest BCUT2D eigenvalue weighted by molar-refractivity contribution is 8.00. The minimum atomic E-state index is -0.0802. The van der Waals surface area contributed by atoms with Gasteiger partial charge in [0.15, 0.2) is 0 Å². The molecule has 0 spiro atoms. The van der Waals surface area contributed by atoms with E-state index in [1.165, 1.54) is 24.6 Å². The van der Waals surface area contributed by atoms with Crippen LogP contribution in [0.25, 0.3) is 0 Å². The van der Waals surface area contributed by atoms with Crippen molar-refractivity contribution in [1.82, 2.24) is 15.5 Å². The number of nitrogens with one attached hydrogen (secondary N) is 2. The van der Waals surface area contributed by atoms with Gasteiger partial charge in [-0.05, 0) is 18.8 Å².